The number of esters is 1. The van der Waals surface area contributed by atoms with Gasteiger partial charge in [0.25, 0.3) is 0 Å². The molecule has 20 heavy (non-hydrogen) atoms. The van der Waals surface area contributed by atoms with Crippen molar-refractivity contribution in [3.05, 3.63) is 38.5 Å². The monoisotopic (exact) mass is 383 g/mol. The minimum absolute atomic E-state index is 0.0852. The number of methoxy groups -OCH3 is 1. The van der Waals surface area contributed by atoms with E-state index in [4.69, 9.17) is 32.7 Å². The molecule has 0 N–H and O–H groups in total. The Bertz CT molecular complexity index is 562. The quantitative estimate of drug-likeness (QED) is 0.255. The zero-order valence-corrected chi connectivity index (χ0v) is 13.1. The number of carbonyl (C=O) groups is 1. The summed E-state index contributed by atoms with van der Waals surface area (Å²) >= 11 is 14.0. The maximum atomic E-state index is 11.4. The van der Waals surface area contributed by atoms with Gasteiger partial charge in [0.1, 0.15) is 0 Å². The molecule has 1 aromatic rings. The second-order valence-corrected chi connectivity index (χ2v) is 5.31. The Kier molecular flexibility index (Phi) is 6.25. The van der Waals surface area contributed by atoms with Gasteiger partial charge >= 0.3 is 5.97 Å². The van der Waals surface area contributed by atoms with Gasteiger partial charge < -0.3 is 9.47 Å². The summed E-state index contributed by atoms with van der Waals surface area (Å²) in [4.78, 5) is 19.7. The molecule has 0 heterocycles. The molecule has 0 aliphatic rings. The maximum Gasteiger partial charge on any atom is 0.345 e. The molecule has 0 saturated heterocycles. The Morgan fingerprint density at radius 1 is 1.50 bits per heavy atom. The highest BCUT2D eigenvalue weighted by molar-refractivity contribution is 9.10. The molecule has 0 spiro atoms. The molecule has 108 valence electrons. The number of hydrogen-bond acceptors (Lipinski definition) is 5. The molecule has 0 fully saturated rings. The molecule has 0 unspecified atom stereocenters. The topological polar surface area (TPSA) is 78.7 Å². The van der Waals surface area contributed by atoms with E-state index >= 15 is 0 Å². The summed E-state index contributed by atoms with van der Waals surface area (Å²) in [6.45, 7) is 0. The van der Waals surface area contributed by atoms with Gasteiger partial charge in [-0.05, 0) is 33.6 Å². The summed E-state index contributed by atoms with van der Waals surface area (Å²) in [7, 11) is 1.36. The average molecular weight is 385 g/mol. The van der Waals surface area contributed by atoms with Crippen LogP contribution < -0.4 is 9.47 Å². The number of ether oxygens (including phenoxy) is 2. The summed E-state index contributed by atoms with van der Waals surface area (Å²) in [6.07, 6.45) is 2.05. The third kappa shape index (κ3) is 4.66. The van der Waals surface area contributed by atoms with Crippen molar-refractivity contribution >= 4 is 51.2 Å². The first-order chi connectivity index (χ1) is 9.35. The summed E-state index contributed by atoms with van der Waals surface area (Å²) in [6, 6.07) is 2.98. The van der Waals surface area contributed by atoms with Crippen molar-refractivity contribution < 1.29 is 19.2 Å². The van der Waals surface area contributed by atoms with Crippen LogP contribution in [0.25, 0.3) is 6.08 Å². The molecule has 1 rings (SSSR count). The smallest absolute Gasteiger partial charge is 0.345 e. The van der Waals surface area contributed by atoms with E-state index in [0.29, 0.717) is 10.0 Å². The SMILES string of the molecule is COc1cc(/C=C/[N+](=O)[O-])cc(Br)c1OC(=O)C(Cl)Cl. The van der Waals surface area contributed by atoms with Gasteiger partial charge in [0.05, 0.1) is 16.5 Å². The van der Waals surface area contributed by atoms with Gasteiger partial charge in [-0.2, -0.15) is 0 Å². The minimum atomic E-state index is -1.33. The number of carbonyl (C=O) groups excluding carboxylic acids is 1. The van der Waals surface area contributed by atoms with Crippen LogP contribution in [0.15, 0.2) is 22.8 Å². The van der Waals surface area contributed by atoms with Crippen LogP contribution in [0.3, 0.4) is 0 Å². The largest absolute Gasteiger partial charge is 0.493 e. The third-order valence-electron chi connectivity index (χ3n) is 2.02. The summed E-state index contributed by atoms with van der Waals surface area (Å²) in [5, 5.41) is 10.3. The first-order valence-electron chi connectivity index (χ1n) is 5.04. The van der Waals surface area contributed by atoms with Crippen LogP contribution in [0.2, 0.25) is 0 Å². The lowest BCUT2D eigenvalue weighted by atomic mass is 10.2. The fraction of sp³-hybridized carbons (Fsp3) is 0.182. The number of hydrogen-bond donors (Lipinski definition) is 0. The fourth-order valence-electron chi connectivity index (χ4n) is 1.23. The number of alkyl halides is 2. The van der Waals surface area contributed by atoms with Crippen molar-refractivity contribution in [1.82, 2.24) is 0 Å². The second-order valence-electron chi connectivity index (χ2n) is 3.36. The molecule has 9 heteroatoms. The van der Waals surface area contributed by atoms with Crippen molar-refractivity contribution in [2.45, 2.75) is 4.84 Å². The predicted octanol–water partition coefficient (Wildman–Crippen LogP) is 3.41. The van der Waals surface area contributed by atoms with Crippen LogP contribution >= 0.6 is 39.1 Å². The molecular formula is C11H8BrCl2NO5. The van der Waals surface area contributed by atoms with E-state index in [0.717, 1.165) is 6.20 Å². The number of rotatable bonds is 5. The first-order valence-corrected chi connectivity index (χ1v) is 6.70. The van der Waals surface area contributed by atoms with Crippen LogP contribution in [0, 0.1) is 10.1 Å². The van der Waals surface area contributed by atoms with Crippen molar-refractivity contribution in [2.75, 3.05) is 7.11 Å². The molecule has 6 nitrogen and oxygen atoms in total. The molecule has 0 aliphatic heterocycles. The van der Waals surface area contributed by atoms with Crippen molar-refractivity contribution in [3.8, 4) is 11.5 Å². The second kappa shape index (κ2) is 7.47. The number of nitro groups is 1. The Hall–Kier alpha value is -1.31. The van der Waals surface area contributed by atoms with Gasteiger partial charge in [0.2, 0.25) is 11.0 Å². The summed E-state index contributed by atoms with van der Waals surface area (Å²) < 4.78 is 10.4. The van der Waals surface area contributed by atoms with Gasteiger partial charge in [-0.15, -0.1) is 0 Å². The van der Waals surface area contributed by atoms with Crippen molar-refractivity contribution in [1.29, 1.82) is 0 Å². The molecule has 0 atom stereocenters. The van der Waals surface area contributed by atoms with Gasteiger partial charge in [0, 0.05) is 6.08 Å². The van der Waals surface area contributed by atoms with Crippen molar-refractivity contribution in [2.24, 2.45) is 0 Å². The van der Waals surface area contributed by atoms with Gasteiger partial charge in [-0.25, -0.2) is 4.79 Å². The van der Waals surface area contributed by atoms with E-state index in [2.05, 4.69) is 15.9 Å². The van der Waals surface area contributed by atoms with Crippen LogP contribution in [-0.2, 0) is 4.79 Å². The standard InChI is InChI=1S/C11H8BrCl2NO5/c1-19-8-5-6(2-3-15(17)18)4-7(12)9(8)20-11(16)10(13)14/h2-5,10H,1H3/b3-2+. The highest BCUT2D eigenvalue weighted by Gasteiger charge is 2.19. The maximum absolute atomic E-state index is 11.4. The number of benzene rings is 1. The Labute approximate surface area is 132 Å². The molecule has 0 aliphatic carbocycles. The summed E-state index contributed by atoms with van der Waals surface area (Å²) in [5.41, 5.74) is 0.485. The van der Waals surface area contributed by atoms with E-state index in [1.807, 2.05) is 0 Å². The van der Waals surface area contributed by atoms with E-state index in [1.54, 1.807) is 0 Å². The lowest BCUT2D eigenvalue weighted by Crippen LogP contribution is -2.16. The third-order valence-corrected chi connectivity index (χ3v) is 2.97. The highest BCUT2D eigenvalue weighted by atomic mass is 79.9. The van der Waals surface area contributed by atoms with Crippen molar-refractivity contribution in [3.63, 3.8) is 0 Å². The van der Waals surface area contributed by atoms with Crippen LogP contribution in [0.1, 0.15) is 5.56 Å². The first kappa shape index (κ1) is 16.7. The highest BCUT2D eigenvalue weighted by Crippen LogP contribution is 2.37. The average Bonchev–Trinajstić information content (AvgIpc) is 2.38. The number of nitrogens with zero attached hydrogens (tertiary/aromatic N) is 1. The lowest BCUT2D eigenvalue weighted by Gasteiger charge is -2.12. The molecule has 0 amide bonds. The Morgan fingerprint density at radius 2 is 2.15 bits per heavy atom. The molecular weight excluding hydrogens is 377 g/mol. The summed E-state index contributed by atoms with van der Waals surface area (Å²) in [5.74, 6) is -0.576. The minimum Gasteiger partial charge on any atom is -0.493 e. The van der Waals surface area contributed by atoms with Crippen LogP contribution in [0.5, 0.6) is 11.5 Å². The van der Waals surface area contributed by atoms with E-state index in [-0.39, 0.29) is 11.5 Å². The number of halogens is 3. The van der Waals surface area contributed by atoms with Crippen LogP contribution in [0.4, 0.5) is 0 Å². The zero-order valence-electron chi connectivity index (χ0n) is 10.0. The van der Waals surface area contributed by atoms with Gasteiger partial charge in [-0.3, -0.25) is 10.1 Å². The molecule has 0 aromatic heterocycles. The van der Waals surface area contributed by atoms with E-state index in [9.17, 15) is 14.9 Å². The zero-order chi connectivity index (χ0) is 15.3. The molecule has 0 radical (unpaired) electrons. The van der Waals surface area contributed by atoms with E-state index < -0.39 is 15.7 Å². The Morgan fingerprint density at radius 3 is 2.65 bits per heavy atom. The lowest BCUT2D eigenvalue weighted by molar-refractivity contribution is -0.400. The molecule has 0 saturated carbocycles. The Balaban J connectivity index is 3.14. The van der Waals surface area contributed by atoms with E-state index in [1.165, 1.54) is 25.3 Å². The molecule has 1 aromatic carbocycles. The van der Waals surface area contributed by atoms with Crippen LogP contribution in [-0.4, -0.2) is 22.8 Å². The van der Waals surface area contributed by atoms with Gasteiger partial charge in [-0.1, -0.05) is 23.2 Å². The predicted molar refractivity (Wildman–Crippen MR) is 77.9 cm³/mol. The van der Waals surface area contributed by atoms with Gasteiger partial charge in [0.15, 0.2) is 11.5 Å². The molecule has 0 bridgehead atoms. The fourth-order valence-corrected chi connectivity index (χ4v) is 1.86. The normalized spacial score (nSPS) is 10.8.